The number of unbranched alkanes of at least 4 members (excludes halogenated alkanes) is 20. The van der Waals surface area contributed by atoms with Gasteiger partial charge in [0.25, 0.3) is 0 Å². The zero-order valence-electron chi connectivity index (χ0n) is 66.6. The first-order valence-corrected chi connectivity index (χ1v) is 40.5. The molecule has 0 radical (unpaired) electrons. The highest BCUT2D eigenvalue weighted by Crippen LogP contribution is 2.21. The van der Waals surface area contributed by atoms with Crippen LogP contribution in [0.4, 0.5) is 0 Å². The lowest BCUT2D eigenvalue weighted by Crippen LogP contribution is -3.00. The number of halogens is 5. The minimum absolute atomic E-state index is 0. The van der Waals surface area contributed by atoms with E-state index in [2.05, 4.69) is 138 Å². The van der Waals surface area contributed by atoms with Crippen LogP contribution in [0, 0.1) is 0 Å². The van der Waals surface area contributed by atoms with E-state index < -0.39 is 0 Å². The third-order valence-corrected chi connectivity index (χ3v) is 19.7. The highest BCUT2D eigenvalue weighted by Gasteiger charge is 2.29. The molecular formula is C80H180Br5N5. The molecule has 0 aromatic carbocycles. The SMILES string of the molecule is CCCC[N+](CCCC)(CCCC)CCCC.CCCC[N+](CCCC)(CCCC)CCCC.CCCC[N+](CCCC)(CCCC)CCCC.CCCC[N+](CCCC)(CCCC)CCCC.CCCC[N+](CCCC)(CCCC)CCCC.[Br-].[Br-].[Br-].[Br-].[Br-]. The van der Waals surface area contributed by atoms with Crippen molar-refractivity contribution in [2.75, 3.05) is 131 Å². The fourth-order valence-electron chi connectivity index (χ4n) is 13.2. The average Bonchev–Trinajstić information content (AvgIpc) is 3.64. The lowest BCUT2D eigenvalue weighted by atomic mass is 10.1. The molecule has 0 N–H and O–H groups in total. The Morgan fingerprint density at radius 2 is 0.144 bits per heavy atom. The van der Waals surface area contributed by atoms with E-state index in [1.54, 1.807) is 0 Å². The molecule has 10 heteroatoms. The standard InChI is InChI=1S/5C16H36N.5BrH/c5*1-5-9-13-17(14-10-6-2,15-11-7-3)16-12-8-4;;;;;/h5*5-16H2,1-4H3;5*1H/q5*+1;;;;;/p-5. The topological polar surface area (TPSA) is 0 Å². The molecule has 0 rings (SSSR count). The molecule has 5 nitrogen and oxygen atoms in total. The van der Waals surface area contributed by atoms with Gasteiger partial charge in [-0.05, 0) is 128 Å². The Morgan fingerprint density at radius 3 is 0.178 bits per heavy atom. The number of nitrogens with zero attached hydrogens (tertiary/aromatic N) is 5. The molecule has 0 aromatic heterocycles. The fourth-order valence-corrected chi connectivity index (χ4v) is 13.2. The lowest BCUT2D eigenvalue weighted by molar-refractivity contribution is -0.929. The first kappa shape index (κ1) is 113. The van der Waals surface area contributed by atoms with Crippen molar-refractivity contribution in [2.45, 2.75) is 395 Å². The maximum atomic E-state index is 2.33. The molecule has 0 bridgehead atoms. The molecule has 0 fully saturated rings. The Hall–Kier alpha value is 2.20. The number of rotatable bonds is 60. The van der Waals surface area contributed by atoms with Gasteiger partial charge < -0.3 is 107 Å². The third kappa shape index (κ3) is 68.7. The maximum absolute atomic E-state index is 2.33. The lowest BCUT2D eigenvalue weighted by Gasteiger charge is -2.39. The van der Waals surface area contributed by atoms with Crippen molar-refractivity contribution in [3.63, 3.8) is 0 Å². The van der Waals surface area contributed by atoms with Gasteiger partial charge in [0.15, 0.2) is 0 Å². The van der Waals surface area contributed by atoms with E-state index >= 15 is 0 Å². The van der Waals surface area contributed by atoms with E-state index in [1.165, 1.54) is 410 Å². The van der Waals surface area contributed by atoms with Crippen LogP contribution in [0.5, 0.6) is 0 Å². The second kappa shape index (κ2) is 87.3. The Balaban J connectivity index is -0.000000110. The van der Waals surface area contributed by atoms with Gasteiger partial charge in [-0.25, -0.2) is 0 Å². The third-order valence-electron chi connectivity index (χ3n) is 19.7. The van der Waals surface area contributed by atoms with E-state index in [1.807, 2.05) is 0 Å². The summed E-state index contributed by atoms with van der Waals surface area (Å²) in [7, 11) is 0. The molecule has 0 unspecified atom stereocenters. The van der Waals surface area contributed by atoms with E-state index in [4.69, 9.17) is 0 Å². The van der Waals surface area contributed by atoms with Crippen LogP contribution in [0.3, 0.4) is 0 Å². The maximum Gasteiger partial charge on any atom is 0.0786 e. The highest BCUT2D eigenvalue weighted by atomic mass is 79.9. The summed E-state index contributed by atoms with van der Waals surface area (Å²) in [5, 5.41) is 0. The fraction of sp³-hybridized carbons (Fsp3) is 1.00. The van der Waals surface area contributed by atoms with Gasteiger partial charge in [0.05, 0.1) is 131 Å². The van der Waals surface area contributed by atoms with Gasteiger partial charge >= 0.3 is 0 Å². The summed E-state index contributed by atoms with van der Waals surface area (Å²) >= 11 is 0. The van der Waals surface area contributed by atoms with Gasteiger partial charge in [0, 0.05) is 0 Å². The van der Waals surface area contributed by atoms with Crippen LogP contribution < -0.4 is 84.9 Å². The minimum atomic E-state index is 0. The van der Waals surface area contributed by atoms with Crippen molar-refractivity contribution in [3.05, 3.63) is 0 Å². The monoisotopic (exact) mass is 1610 g/mol. The van der Waals surface area contributed by atoms with Crippen LogP contribution >= 0.6 is 0 Å². The van der Waals surface area contributed by atoms with Crippen LogP contribution in [0.1, 0.15) is 395 Å². The first-order chi connectivity index (χ1) is 41.2. The Labute approximate surface area is 628 Å². The zero-order valence-corrected chi connectivity index (χ0v) is 74.5. The smallest absolute Gasteiger partial charge is 0.0786 e. The van der Waals surface area contributed by atoms with Gasteiger partial charge in [-0.15, -0.1) is 0 Å². The van der Waals surface area contributed by atoms with Crippen molar-refractivity contribution >= 4 is 0 Å². The van der Waals surface area contributed by atoms with Crippen LogP contribution in [0.15, 0.2) is 0 Å². The van der Waals surface area contributed by atoms with Gasteiger partial charge in [0.1, 0.15) is 0 Å². The summed E-state index contributed by atoms with van der Waals surface area (Å²) in [6, 6.07) is 0. The number of hydrogen-bond acceptors (Lipinski definition) is 0. The van der Waals surface area contributed by atoms with Gasteiger partial charge in [-0.1, -0.05) is 267 Å². The molecule has 0 saturated heterocycles. The molecular weight excluding hydrogens is 1430 g/mol. The predicted molar refractivity (Wildman–Crippen MR) is 397 cm³/mol. The Bertz CT molecular complexity index is 817. The second-order valence-electron chi connectivity index (χ2n) is 28.3. The minimum Gasteiger partial charge on any atom is -1.00 e. The van der Waals surface area contributed by atoms with Crippen molar-refractivity contribution in [1.82, 2.24) is 0 Å². The molecule has 0 aliphatic rings. The zero-order chi connectivity index (χ0) is 64.9. The summed E-state index contributed by atoms with van der Waals surface area (Å²) in [6.07, 6.45) is 55.3. The summed E-state index contributed by atoms with van der Waals surface area (Å²) in [5.41, 5.74) is 0. The molecule has 0 heterocycles. The second-order valence-corrected chi connectivity index (χ2v) is 28.3. The van der Waals surface area contributed by atoms with Crippen LogP contribution in [0.25, 0.3) is 0 Å². The van der Waals surface area contributed by atoms with E-state index in [0.29, 0.717) is 0 Å². The van der Waals surface area contributed by atoms with E-state index in [9.17, 15) is 0 Å². The van der Waals surface area contributed by atoms with Crippen molar-refractivity contribution in [2.24, 2.45) is 0 Å². The molecule has 0 amide bonds. The van der Waals surface area contributed by atoms with Crippen molar-refractivity contribution < 1.29 is 107 Å². The summed E-state index contributed by atoms with van der Waals surface area (Å²) in [4.78, 5) is 0. The molecule has 0 saturated carbocycles. The Morgan fingerprint density at radius 1 is 0.100 bits per heavy atom. The molecule has 0 aromatic rings. The van der Waals surface area contributed by atoms with E-state index in [0.717, 1.165) is 0 Å². The van der Waals surface area contributed by atoms with Gasteiger partial charge in [-0.3, -0.25) is 0 Å². The van der Waals surface area contributed by atoms with Gasteiger partial charge in [-0.2, -0.15) is 0 Å². The molecule has 0 spiro atoms. The molecule has 560 valence electrons. The Kier molecular flexibility index (Phi) is 110. The average molecular weight is 1610 g/mol. The summed E-state index contributed by atoms with van der Waals surface area (Å²) in [5.74, 6) is 0. The molecule has 0 aliphatic heterocycles. The molecule has 90 heavy (non-hydrogen) atoms. The molecule has 0 aliphatic carbocycles. The quantitative estimate of drug-likeness (QED) is 0.0533. The van der Waals surface area contributed by atoms with Crippen LogP contribution in [-0.4, -0.2) is 153 Å². The first-order valence-electron chi connectivity index (χ1n) is 40.5. The van der Waals surface area contributed by atoms with E-state index in [-0.39, 0.29) is 84.9 Å². The molecule has 0 atom stereocenters. The van der Waals surface area contributed by atoms with Crippen molar-refractivity contribution in [3.8, 4) is 0 Å². The largest absolute Gasteiger partial charge is 1.00 e. The van der Waals surface area contributed by atoms with Gasteiger partial charge in [0.2, 0.25) is 0 Å². The van der Waals surface area contributed by atoms with Crippen molar-refractivity contribution in [1.29, 1.82) is 0 Å². The number of hydrogen-bond donors (Lipinski definition) is 0. The summed E-state index contributed by atoms with van der Waals surface area (Å²) < 4.78 is 7.10. The van der Waals surface area contributed by atoms with Crippen LogP contribution in [-0.2, 0) is 0 Å². The predicted octanol–water partition coefficient (Wildman–Crippen LogP) is 10.0. The normalized spacial score (nSPS) is 11.3. The summed E-state index contributed by atoms with van der Waals surface area (Å²) in [6.45, 7) is 75.1. The van der Waals surface area contributed by atoms with Crippen LogP contribution in [0.2, 0.25) is 0 Å². The highest BCUT2D eigenvalue weighted by molar-refractivity contribution is 4.55. The number of quaternary nitrogens is 5.